The second-order valence-electron chi connectivity index (χ2n) is 6.82. The molecule has 3 nitrogen and oxygen atoms in total. The van der Waals surface area contributed by atoms with Gasteiger partial charge in [-0.3, -0.25) is 0 Å². The van der Waals surface area contributed by atoms with E-state index in [0.717, 1.165) is 63.4 Å². The molecule has 2 N–H and O–H groups in total. The van der Waals surface area contributed by atoms with Crippen LogP contribution in [0.3, 0.4) is 0 Å². The number of hydrogen-bond donors (Lipinski definition) is 2. The van der Waals surface area contributed by atoms with E-state index in [9.17, 15) is 5.11 Å². The molecule has 0 aromatic heterocycles. The van der Waals surface area contributed by atoms with Crippen LogP contribution in [0, 0.1) is 0 Å². The molecule has 1 unspecified atom stereocenters. The quantitative estimate of drug-likeness (QED) is 0.894. The van der Waals surface area contributed by atoms with E-state index in [1.54, 1.807) is 0 Å². The molecule has 1 saturated carbocycles. The monoisotopic (exact) mass is 322 g/mol. The largest absolute Gasteiger partial charge is 0.389 e. The van der Waals surface area contributed by atoms with E-state index in [2.05, 4.69) is 22.3 Å². The van der Waals surface area contributed by atoms with Gasteiger partial charge in [0.1, 0.15) is 0 Å². The van der Waals surface area contributed by atoms with Crippen molar-refractivity contribution in [3.8, 4) is 0 Å². The summed E-state index contributed by atoms with van der Waals surface area (Å²) in [6.45, 7) is 5.18. The normalized spacial score (nSPS) is 24.1. The first-order valence-corrected chi connectivity index (χ1v) is 8.96. The maximum atomic E-state index is 11.3. The Balaban J connectivity index is 1.81. The minimum atomic E-state index is -0.559. The highest BCUT2D eigenvalue weighted by atomic mass is 35.5. The van der Waals surface area contributed by atoms with Crippen molar-refractivity contribution in [2.45, 2.75) is 43.6 Å². The van der Waals surface area contributed by atoms with Crippen LogP contribution in [-0.4, -0.2) is 48.3 Å². The number of piperazine rings is 1. The first-order chi connectivity index (χ1) is 10.7. The molecule has 2 aliphatic rings. The van der Waals surface area contributed by atoms with E-state index in [1.165, 1.54) is 12.0 Å². The Hall–Kier alpha value is -0.610. The highest BCUT2D eigenvalue weighted by Crippen LogP contribution is 2.40. The molecule has 2 fully saturated rings. The van der Waals surface area contributed by atoms with Gasteiger partial charge in [-0.1, -0.05) is 43.0 Å². The van der Waals surface area contributed by atoms with Crippen LogP contribution in [0.4, 0.5) is 0 Å². The lowest BCUT2D eigenvalue weighted by Gasteiger charge is -2.42. The Kier molecular flexibility index (Phi) is 5.40. The van der Waals surface area contributed by atoms with Crippen LogP contribution in [0.25, 0.3) is 0 Å². The zero-order chi connectivity index (χ0) is 15.4. The van der Waals surface area contributed by atoms with Gasteiger partial charge < -0.3 is 15.3 Å². The Morgan fingerprint density at radius 2 is 1.73 bits per heavy atom. The SMILES string of the molecule is OC1(C(CN2CCNCC2)c2ccc(Cl)cc2)CCCCC1. The van der Waals surface area contributed by atoms with Crippen molar-refractivity contribution in [2.24, 2.45) is 0 Å². The fourth-order valence-corrected chi connectivity index (χ4v) is 4.07. The topological polar surface area (TPSA) is 35.5 Å². The molecule has 0 radical (unpaired) electrons. The molecule has 0 bridgehead atoms. The molecule has 1 aromatic rings. The van der Waals surface area contributed by atoms with Gasteiger partial charge in [0.25, 0.3) is 0 Å². The van der Waals surface area contributed by atoms with Crippen molar-refractivity contribution in [1.82, 2.24) is 10.2 Å². The molecule has 1 heterocycles. The van der Waals surface area contributed by atoms with E-state index in [0.29, 0.717) is 0 Å². The maximum Gasteiger partial charge on any atom is 0.0728 e. The fourth-order valence-electron chi connectivity index (χ4n) is 3.95. The first-order valence-electron chi connectivity index (χ1n) is 8.58. The molecule has 1 atom stereocenters. The molecule has 1 saturated heterocycles. The lowest BCUT2D eigenvalue weighted by Crippen LogP contribution is -2.49. The van der Waals surface area contributed by atoms with E-state index in [-0.39, 0.29) is 5.92 Å². The molecule has 22 heavy (non-hydrogen) atoms. The standard InChI is InChI=1S/C18H27ClN2O/c19-16-6-4-15(5-7-16)17(14-21-12-10-20-11-13-21)18(22)8-2-1-3-9-18/h4-7,17,20,22H,1-3,8-14H2. The Morgan fingerprint density at radius 1 is 1.09 bits per heavy atom. The number of nitrogens with zero attached hydrogens (tertiary/aromatic N) is 1. The fraction of sp³-hybridized carbons (Fsp3) is 0.667. The second-order valence-corrected chi connectivity index (χ2v) is 7.26. The molecule has 3 rings (SSSR count). The van der Waals surface area contributed by atoms with E-state index >= 15 is 0 Å². The summed E-state index contributed by atoms with van der Waals surface area (Å²) in [7, 11) is 0. The molecule has 0 spiro atoms. The van der Waals surface area contributed by atoms with Crippen LogP contribution in [-0.2, 0) is 0 Å². The van der Waals surface area contributed by atoms with Crippen molar-refractivity contribution in [2.75, 3.05) is 32.7 Å². The molecule has 0 amide bonds. The smallest absolute Gasteiger partial charge is 0.0728 e. The molecule has 1 aliphatic carbocycles. The number of halogens is 1. The lowest BCUT2D eigenvalue weighted by atomic mass is 9.72. The minimum Gasteiger partial charge on any atom is -0.389 e. The van der Waals surface area contributed by atoms with Gasteiger partial charge in [0.05, 0.1) is 5.60 Å². The number of aliphatic hydroxyl groups is 1. The van der Waals surface area contributed by atoms with Crippen LogP contribution >= 0.6 is 11.6 Å². The van der Waals surface area contributed by atoms with Crippen LogP contribution in [0.2, 0.25) is 5.02 Å². The summed E-state index contributed by atoms with van der Waals surface area (Å²) in [5.74, 6) is 0.183. The zero-order valence-corrected chi connectivity index (χ0v) is 14.0. The summed E-state index contributed by atoms with van der Waals surface area (Å²) in [6, 6.07) is 8.10. The Morgan fingerprint density at radius 3 is 2.36 bits per heavy atom. The van der Waals surface area contributed by atoms with E-state index in [1.807, 2.05) is 12.1 Å². The highest BCUT2D eigenvalue weighted by molar-refractivity contribution is 6.30. The third kappa shape index (κ3) is 3.83. The van der Waals surface area contributed by atoms with Gasteiger partial charge in [-0.25, -0.2) is 0 Å². The van der Waals surface area contributed by atoms with Gasteiger partial charge in [0, 0.05) is 43.7 Å². The average molecular weight is 323 g/mol. The maximum absolute atomic E-state index is 11.3. The molecule has 1 aliphatic heterocycles. The summed E-state index contributed by atoms with van der Waals surface area (Å²) in [5, 5.41) is 15.5. The molecular weight excluding hydrogens is 296 g/mol. The average Bonchev–Trinajstić information content (AvgIpc) is 2.55. The van der Waals surface area contributed by atoms with Gasteiger partial charge >= 0.3 is 0 Å². The zero-order valence-electron chi connectivity index (χ0n) is 13.2. The van der Waals surface area contributed by atoms with E-state index < -0.39 is 5.60 Å². The second kappa shape index (κ2) is 7.31. The lowest BCUT2D eigenvalue weighted by molar-refractivity contribution is -0.0316. The number of benzene rings is 1. The predicted octanol–water partition coefficient (Wildman–Crippen LogP) is 3.02. The van der Waals surface area contributed by atoms with Gasteiger partial charge in [0.2, 0.25) is 0 Å². The molecule has 1 aromatic carbocycles. The summed E-state index contributed by atoms with van der Waals surface area (Å²) in [6.07, 6.45) is 5.38. The van der Waals surface area contributed by atoms with Gasteiger partial charge in [-0.2, -0.15) is 0 Å². The summed E-state index contributed by atoms with van der Waals surface area (Å²) < 4.78 is 0. The minimum absolute atomic E-state index is 0.183. The van der Waals surface area contributed by atoms with Crippen molar-refractivity contribution < 1.29 is 5.11 Å². The first kappa shape index (κ1) is 16.3. The van der Waals surface area contributed by atoms with Crippen molar-refractivity contribution >= 4 is 11.6 Å². The van der Waals surface area contributed by atoms with Crippen LogP contribution in [0.5, 0.6) is 0 Å². The predicted molar refractivity (Wildman–Crippen MR) is 91.5 cm³/mol. The van der Waals surface area contributed by atoms with E-state index in [4.69, 9.17) is 11.6 Å². The van der Waals surface area contributed by atoms with Crippen LogP contribution < -0.4 is 5.32 Å². The third-order valence-corrected chi connectivity index (χ3v) is 5.54. The van der Waals surface area contributed by atoms with Crippen molar-refractivity contribution in [1.29, 1.82) is 0 Å². The van der Waals surface area contributed by atoms with Crippen LogP contribution in [0.1, 0.15) is 43.6 Å². The summed E-state index contributed by atoms with van der Waals surface area (Å²) in [5.41, 5.74) is 0.670. The molecular formula is C18H27ClN2O. The molecule has 122 valence electrons. The number of nitrogens with one attached hydrogen (secondary N) is 1. The van der Waals surface area contributed by atoms with Crippen molar-refractivity contribution in [3.63, 3.8) is 0 Å². The summed E-state index contributed by atoms with van der Waals surface area (Å²) >= 11 is 6.05. The van der Waals surface area contributed by atoms with Crippen LogP contribution in [0.15, 0.2) is 24.3 Å². The van der Waals surface area contributed by atoms with Gasteiger partial charge in [-0.05, 0) is 30.5 Å². The number of rotatable bonds is 4. The van der Waals surface area contributed by atoms with Crippen molar-refractivity contribution in [3.05, 3.63) is 34.9 Å². The van der Waals surface area contributed by atoms with Gasteiger partial charge in [0.15, 0.2) is 0 Å². The van der Waals surface area contributed by atoms with Gasteiger partial charge in [-0.15, -0.1) is 0 Å². The highest BCUT2D eigenvalue weighted by Gasteiger charge is 2.39. The third-order valence-electron chi connectivity index (χ3n) is 5.29. The Labute approximate surface area is 138 Å². The summed E-state index contributed by atoms with van der Waals surface area (Å²) in [4.78, 5) is 2.49. The number of hydrogen-bond acceptors (Lipinski definition) is 3. The molecule has 4 heteroatoms. The Bertz CT molecular complexity index is 464.